The molecule has 11 heteroatoms. The van der Waals surface area contributed by atoms with Crippen LogP contribution in [0.3, 0.4) is 0 Å². The second-order valence-electron chi connectivity index (χ2n) is 10.7. The number of aryl methyl sites for hydroxylation is 1. The number of piperidine rings is 1. The number of hydrogen-bond donors (Lipinski definition) is 2. The third kappa shape index (κ3) is 8.71. The van der Waals surface area contributed by atoms with E-state index in [1.165, 1.54) is 24.7 Å². The number of alkyl halides is 2. The number of aromatic nitrogens is 1. The van der Waals surface area contributed by atoms with Crippen LogP contribution in [0.1, 0.15) is 56.9 Å². The van der Waals surface area contributed by atoms with Crippen molar-refractivity contribution in [2.45, 2.75) is 37.0 Å². The van der Waals surface area contributed by atoms with Crippen molar-refractivity contribution in [1.82, 2.24) is 9.88 Å². The number of amides is 2. The first-order valence-corrected chi connectivity index (χ1v) is 15.8. The van der Waals surface area contributed by atoms with Gasteiger partial charge in [-0.2, -0.15) is 4.36 Å². The largest absolute Gasteiger partial charge is 0.507 e. The van der Waals surface area contributed by atoms with Gasteiger partial charge in [0.15, 0.2) is 5.76 Å². The van der Waals surface area contributed by atoms with E-state index in [2.05, 4.69) is 26.5 Å². The lowest BCUT2D eigenvalue weighted by atomic mass is 10.1. The lowest BCUT2D eigenvalue weighted by Gasteiger charge is -2.32. The third-order valence-electron chi connectivity index (χ3n) is 7.12. The number of hydrogen-bond acceptors (Lipinski definition) is 6. The normalized spacial score (nSPS) is 15.2. The molecule has 4 aromatic rings. The first-order valence-electron chi connectivity index (χ1n) is 14.4. The topological polar surface area (TPSA) is 108 Å². The van der Waals surface area contributed by atoms with Crippen LogP contribution in [0.25, 0.3) is 0 Å². The molecule has 5 rings (SSSR count). The fourth-order valence-electron chi connectivity index (χ4n) is 4.91. The van der Waals surface area contributed by atoms with E-state index in [0.717, 1.165) is 5.56 Å². The maximum absolute atomic E-state index is 13.9. The molecule has 8 nitrogen and oxygen atoms in total. The minimum atomic E-state index is -2.68. The Morgan fingerprint density at radius 1 is 1.11 bits per heavy atom. The van der Waals surface area contributed by atoms with Crippen LogP contribution in [-0.4, -0.2) is 58.1 Å². The first-order chi connectivity index (χ1) is 21.7. The van der Waals surface area contributed by atoms with E-state index in [4.69, 9.17) is 4.42 Å². The van der Waals surface area contributed by atoms with Crippen LogP contribution >= 0.6 is 0 Å². The van der Waals surface area contributed by atoms with Gasteiger partial charge in [-0.15, -0.1) is 0 Å². The molecule has 2 aromatic carbocycles. The monoisotopic (exact) mass is 630 g/mol. The molecule has 1 saturated heterocycles. The summed E-state index contributed by atoms with van der Waals surface area (Å²) in [4.78, 5) is 32.2. The van der Waals surface area contributed by atoms with Gasteiger partial charge in [0, 0.05) is 46.9 Å². The van der Waals surface area contributed by atoms with Crippen molar-refractivity contribution in [3.8, 4) is 17.6 Å². The van der Waals surface area contributed by atoms with E-state index in [-0.39, 0.29) is 35.9 Å². The number of nitrogens with zero attached hydrogens (tertiary/aromatic N) is 3. The van der Waals surface area contributed by atoms with Crippen molar-refractivity contribution in [2.75, 3.05) is 30.7 Å². The highest BCUT2D eigenvalue weighted by Crippen LogP contribution is 2.27. The summed E-state index contributed by atoms with van der Waals surface area (Å²) in [6, 6.07) is 17.0. The molecule has 0 aliphatic carbocycles. The predicted molar refractivity (Wildman–Crippen MR) is 169 cm³/mol. The number of anilines is 1. The number of carbonyl (C=O) groups is 2. The number of pyridine rings is 1. The van der Waals surface area contributed by atoms with Gasteiger partial charge in [0.25, 0.3) is 17.7 Å². The summed E-state index contributed by atoms with van der Waals surface area (Å²) in [5, 5.41) is 13.3. The number of nitrogens with one attached hydrogen (secondary N) is 1. The molecule has 2 N–H and O–H groups in total. The zero-order valence-corrected chi connectivity index (χ0v) is 25.4. The van der Waals surface area contributed by atoms with Gasteiger partial charge < -0.3 is 14.8 Å². The molecule has 0 saturated carbocycles. The van der Waals surface area contributed by atoms with Gasteiger partial charge in [0.1, 0.15) is 5.75 Å². The SMILES string of the molecule is Cc1ccoc1C(=O)Nc1cccc(C#Cc2cncc(C(=O)N=S(CCCN3CCCC(F)(F)C3)c3ccccc3O)c2)c1. The molecule has 232 valence electrons. The second kappa shape index (κ2) is 14.4. The molecule has 1 fully saturated rings. The molecule has 3 heterocycles. The van der Waals surface area contributed by atoms with Gasteiger partial charge in [-0.25, -0.2) is 8.78 Å². The van der Waals surface area contributed by atoms with E-state index < -0.39 is 22.5 Å². The fraction of sp³-hybridized carbons (Fsp3) is 0.265. The third-order valence-corrected chi connectivity index (χ3v) is 9.04. The molecule has 0 spiro atoms. The van der Waals surface area contributed by atoms with Crippen molar-refractivity contribution in [3.05, 3.63) is 107 Å². The highest BCUT2D eigenvalue weighted by molar-refractivity contribution is 7.87. The van der Waals surface area contributed by atoms with Crippen LogP contribution in [0.15, 0.2) is 93.0 Å². The number of carbonyl (C=O) groups excluding carboxylic acids is 2. The number of phenols is 1. The lowest BCUT2D eigenvalue weighted by Crippen LogP contribution is -2.43. The predicted octanol–water partition coefficient (Wildman–Crippen LogP) is 6.46. The average Bonchev–Trinajstić information content (AvgIpc) is 3.45. The van der Waals surface area contributed by atoms with Crippen LogP contribution in [0.2, 0.25) is 0 Å². The number of furan rings is 1. The number of phenolic OH excluding ortho intramolecular Hbond substituents is 1. The Kier molecular flexibility index (Phi) is 10.2. The number of likely N-dealkylation sites (tertiary alicyclic amines) is 1. The summed E-state index contributed by atoms with van der Waals surface area (Å²) in [5.41, 5.74) is 2.64. The number of aromatic hydroxyl groups is 1. The van der Waals surface area contributed by atoms with E-state index in [0.29, 0.717) is 53.4 Å². The van der Waals surface area contributed by atoms with E-state index >= 15 is 0 Å². The quantitative estimate of drug-likeness (QED) is 0.216. The van der Waals surface area contributed by atoms with Gasteiger partial charge >= 0.3 is 0 Å². The van der Waals surface area contributed by atoms with Crippen molar-refractivity contribution in [2.24, 2.45) is 4.36 Å². The van der Waals surface area contributed by atoms with E-state index in [1.807, 2.05) is 0 Å². The molecule has 45 heavy (non-hydrogen) atoms. The van der Waals surface area contributed by atoms with Gasteiger partial charge in [0.2, 0.25) is 0 Å². The Labute approximate surface area is 262 Å². The molecule has 1 aliphatic heterocycles. The zero-order chi connectivity index (χ0) is 31.8. The minimum absolute atomic E-state index is 0.0253. The van der Waals surface area contributed by atoms with Crippen LogP contribution in [-0.2, 0) is 10.7 Å². The second-order valence-corrected chi connectivity index (χ2v) is 12.5. The molecule has 2 aromatic heterocycles. The molecule has 0 bridgehead atoms. The Bertz CT molecular complexity index is 1790. The molecular formula is C34H32F2N4O4S. The smallest absolute Gasteiger partial charge is 0.291 e. The van der Waals surface area contributed by atoms with Crippen molar-refractivity contribution in [3.63, 3.8) is 0 Å². The summed E-state index contributed by atoms with van der Waals surface area (Å²) in [5.74, 6) is 3.16. The maximum Gasteiger partial charge on any atom is 0.291 e. The van der Waals surface area contributed by atoms with Crippen LogP contribution in [0.5, 0.6) is 5.75 Å². The summed E-state index contributed by atoms with van der Waals surface area (Å²) in [6.45, 7) is 2.58. The molecule has 2 amide bonds. The van der Waals surface area contributed by atoms with Gasteiger partial charge in [-0.1, -0.05) is 40.7 Å². The summed E-state index contributed by atoms with van der Waals surface area (Å²) in [7, 11) is -1.01. The number of halogens is 2. The lowest BCUT2D eigenvalue weighted by molar-refractivity contribution is -0.0636. The van der Waals surface area contributed by atoms with E-state index in [1.54, 1.807) is 66.4 Å². The van der Waals surface area contributed by atoms with Gasteiger partial charge in [0.05, 0.1) is 23.3 Å². The van der Waals surface area contributed by atoms with Crippen molar-refractivity contribution >= 4 is 28.2 Å². The molecular weight excluding hydrogens is 598 g/mol. The average molecular weight is 631 g/mol. The minimum Gasteiger partial charge on any atom is -0.507 e. The Morgan fingerprint density at radius 3 is 2.71 bits per heavy atom. The zero-order valence-electron chi connectivity index (χ0n) is 24.6. The highest BCUT2D eigenvalue weighted by atomic mass is 32.2. The number of benzene rings is 2. The Hall–Kier alpha value is -4.66. The fourth-order valence-corrected chi connectivity index (χ4v) is 6.58. The standard InChI is InChI=1S/C34H32F2N4O4S/c1-24-13-17-44-31(24)33(43)38-28-8-4-7-25(20-28)11-12-26-19-27(22-37-21-26)32(42)39-45(30-10-3-2-9-29(30)41)18-6-16-40-15-5-14-34(35,36)23-40/h2-4,7-10,13,17,19-22,41H,5-6,14-16,18,23H2,1H3,(H,38,43). The molecule has 0 radical (unpaired) electrons. The summed E-state index contributed by atoms with van der Waals surface area (Å²) in [6.07, 6.45) is 5.29. The summed E-state index contributed by atoms with van der Waals surface area (Å²) < 4.78 is 37.4. The maximum atomic E-state index is 13.9. The van der Waals surface area contributed by atoms with E-state index in [9.17, 15) is 23.5 Å². The van der Waals surface area contributed by atoms with Gasteiger partial charge in [-0.3, -0.25) is 19.5 Å². The molecule has 1 unspecified atom stereocenters. The van der Waals surface area contributed by atoms with Crippen LogP contribution < -0.4 is 5.32 Å². The Balaban J connectivity index is 1.30. The first kappa shape index (κ1) is 31.8. The summed E-state index contributed by atoms with van der Waals surface area (Å²) >= 11 is 0. The van der Waals surface area contributed by atoms with Gasteiger partial charge in [-0.05, 0) is 75.3 Å². The Morgan fingerprint density at radius 2 is 1.93 bits per heavy atom. The molecule has 1 atom stereocenters. The molecule has 1 aliphatic rings. The van der Waals surface area contributed by atoms with Crippen molar-refractivity contribution in [1.29, 1.82) is 0 Å². The highest BCUT2D eigenvalue weighted by Gasteiger charge is 2.34. The van der Waals surface area contributed by atoms with Crippen molar-refractivity contribution < 1.29 is 27.9 Å². The van der Waals surface area contributed by atoms with Crippen LogP contribution in [0.4, 0.5) is 14.5 Å². The number of rotatable bonds is 8. The number of para-hydroxylation sites is 1. The van der Waals surface area contributed by atoms with Crippen LogP contribution in [0, 0.1) is 18.8 Å².